The maximum absolute atomic E-state index is 12.2. The van der Waals surface area contributed by atoms with Gasteiger partial charge >= 0.3 is 0 Å². The summed E-state index contributed by atoms with van der Waals surface area (Å²) in [5.74, 6) is 1.11. The minimum Gasteiger partial charge on any atom is -0.493 e. The number of nitro groups is 1. The number of nitrogens with zero attached hydrogens (tertiary/aromatic N) is 1. The second-order valence-electron chi connectivity index (χ2n) is 7.17. The lowest BCUT2D eigenvalue weighted by Crippen LogP contribution is -2.28. The highest BCUT2D eigenvalue weighted by Gasteiger charge is 2.22. The summed E-state index contributed by atoms with van der Waals surface area (Å²) in [5.41, 5.74) is 0.321. The van der Waals surface area contributed by atoms with Gasteiger partial charge in [-0.15, -0.1) is 0 Å². The van der Waals surface area contributed by atoms with Crippen LogP contribution in [0.25, 0.3) is 0 Å². The van der Waals surface area contributed by atoms with E-state index in [0.717, 1.165) is 18.1 Å². The lowest BCUT2D eigenvalue weighted by molar-refractivity contribution is -0.384. The maximum atomic E-state index is 12.2. The fraction of sp³-hybridized carbons (Fsp3) is 0.350. The topological polar surface area (TPSA) is 128 Å². The highest BCUT2D eigenvalue weighted by molar-refractivity contribution is 7.90. The third-order valence-corrected chi connectivity index (χ3v) is 5.73. The van der Waals surface area contributed by atoms with Crippen LogP contribution in [-0.2, 0) is 9.84 Å². The standard InChI is InChI=1S/C20H23N3O6S/c1-30(27,28)17-8-9-18(19(12-17)23(25)26)21-10-11-22-20(24)15-4-6-16(7-5-15)29-13-14-2-3-14/h4-9,12,14,21H,2-3,10-11,13H2,1H3,(H,22,24). The van der Waals surface area contributed by atoms with E-state index in [1.165, 1.54) is 25.0 Å². The molecule has 0 bridgehead atoms. The fourth-order valence-electron chi connectivity index (χ4n) is 2.72. The van der Waals surface area contributed by atoms with E-state index < -0.39 is 14.8 Å². The molecular weight excluding hydrogens is 410 g/mol. The van der Waals surface area contributed by atoms with E-state index in [4.69, 9.17) is 4.74 Å². The van der Waals surface area contributed by atoms with Gasteiger partial charge in [-0.1, -0.05) is 0 Å². The Morgan fingerprint density at radius 1 is 1.17 bits per heavy atom. The van der Waals surface area contributed by atoms with Gasteiger partial charge in [0.15, 0.2) is 9.84 Å². The van der Waals surface area contributed by atoms with E-state index in [1.807, 2.05) is 0 Å². The molecule has 0 spiro atoms. The van der Waals surface area contributed by atoms with Crippen LogP contribution < -0.4 is 15.4 Å². The molecular formula is C20H23N3O6S. The molecule has 9 nitrogen and oxygen atoms in total. The van der Waals surface area contributed by atoms with Crippen LogP contribution >= 0.6 is 0 Å². The van der Waals surface area contributed by atoms with E-state index in [1.54, 1.807) is 24.3 Å². The summed E-state index contributed by atoms with van der Waals surface area (Å²) >= 11 is 0. The highest BCUT2D eigenvalue weighted by Crippen LogP contribution is 2.29. The maximum Gasteiger partial charge on any atom is 0.293 e. The third-order valence-electron chi connectivity index (χ3n) is 4.62. The molecule has 3 rings (SSSR count). The predicted molar refractivity (Wildman–Crippen MR) is 112 cm³/mol. The molecule has 1 fully saturated rings. The number of benzene rings is 2. The summed E-state index contributed by atoms with van der Waals surface area (Å²) in [6.07, 6.45) is 3.40. The van der Waals surface area contributed by atoms with Gasteiger partial charge in [-0.05, 0) is 55.2 Å². The fourth-order valence-corrected chi connectivity index (χ4v) is 3.36. The molecule has 2 N–H and O–H groups in total. The molecule has 0 aliphatic heterocycles. The smallest absolute Gasteiger partial charge is 0.293 e. The first kappa shape index (κ1) is 21.6. The van der Waals surface area contributed by atoms with Crippen molar-refractivity contribution < 1.29 is 22.9 Å². The Balaban J connectivity index is 1.50. The number of amides is 1. The Morgan fingerprint density at radius 2 is 1.87 bits per heavy atom. The Hall–Kier alpha value is -3.14. The molecule has 0 heterocycles. The van der Waals surface area contributed by atoms with Crippen molar-refractivity contribution in [1.82, 2.24) is 5.32 Å². The van der Waals surface area contributed by atoms with E-state index >= 15 is 0 Å². The SMILES string of the molecule is CS(=O)(=O)c1ccc(NCCNC(=O)c2ccc(OCC3CC3)cc2)c([N+](=O)[O-])c1. The molecule has 30 heavy (non-hydrogen) atoms. The quantitative estimate of drug-likeness (QED) is 0.335. The van der Waals surface area contributed by atoms with Crippen molar-refractivity contribution >= 4 is 27.1 Å². The number of hydrogen-bond donors (Lipinski definition) is 2. The Morgan fingerprint density at radius 3 is 2.47 bits per heavy atom. The van der Waals surface area contributed by atoms with Gasteiger partial charge in [0, 0.05) is 31.0 Å². The molecule has 0 atom stereocenters. The number of carbonyl (C=O) groups is 1. The number of hydrogen-bond acceptors (Lipinski definition) is 7. The molecule has 0 aromatic heterocycles. The first-order chi connectivity index (χ1) is 14.2. The van der Waals surface area contributed by atoms with Crippen LogP contribution in [0, 0.1) is 16.0 Å². The van der Waals surface area contributed by atoms with Crippen molar-refractivity contribution in [3.05, 3.63) is 58.1 Å². The van der Waals surface area contributed by atoms with Gasteiger partial charge < -0.3 is 15.4 Å². The van der Waals surface area contributed by atoms with Gasteiger partial charge in [-0.3, -0.25) is 14.9 Å². The Bertz CT molecular complexity index is 1030. The van der Waals surface area contributed by atoms with E-state index in [9.17, 15) is 23.3 Å². The van der Waals surface area contributed by atoms with Gasteiger partial charge in [-0.2, -0.15) is 0 Å². The van der Waals surface area contributed by atoms with Crippen LogP contribution in [-0.4, -0.2) is 45.2 Å². The molecule has 2 aromatic carbocycles. The van der Waals surface area contributed by atoms with Crippen molar-refractivity contribution in [1.29, 1.82) is 0 Å². The number of sulfone groups is 1. The predicted octanol–water partition coefficient (Wildman–Crippen LogP) is 2.63. The molecule has 1 amide bonds. The molecule has 1 aliphatic carbocycles. The molecule has 2 aromatic rings. The van der Waals surface area contributed by atoms with Crippen molar-refractivity contribution in [2.24, 2.45) is 5.92 Å². The molecule has 1 aliphatic rings. The zero-order valence-electron chi connectivity index (χ0n) is 16.5. The van der Waals surface area contributed by atoms with Crippen molar-refractivity contribution in [3.8, 4) is 5.75 Å². The van der Waals surface area contributed by atoms with Crippen molar-refractivity contribution in [2.45, 2.75) is 17.7 Å². The van der Waals surface area contributed by atoms with Crippen molar-refractivity contribution in [3.63, 3.8) is 0 Å². The molecule has 1 saturated carbocycles. The zero-order chi connectivity index (χ0) is 21.7. The second kappa shape index (κ2) is 9.12. The summed E-state index contributed by atoms with van der Waals surface area (Å²) in [6, 6.07) is 10.5. The molecule has 0 saturated heterocycles. The number of ether oxygens (including phenoxy) is 1. The monoisotopic (exact) mass is 433 g/mol. The van der Waals surface area contributed by atoms with Crippen LogP contribution in [0.15, 0.2) is 47.4 Å². The van der Waals surface area contributed by atoms with Crippen LogP contribution in [0.4, 0.5) is 11.4 Å². The largest absolute Gasteiger partial charge is 0.493 e. The normalized spacial score (nSPS) is 13.5. The summed E-state index contributed by atoms with van der Waals surface area (Å²) in [7, 11) is -3.55. The van der Waals surface area contributed by atoms with Crippen LogP contribution in [0.2, 0.25) is 0 Å². The zero-order valence-corrected chi connectivity index (χ0v) is 17.3. The number of carbonyl (C=O) groups excluding carboxylic acids is 1. The minimum atomic E-state index is -3.55. The van der Waals surface area contributed by atoms with E-state index in [0.29, 0.717) is 18.1 Å². The molecule has 0 unspecified atom stereocenters. The third kappa shape index (κ3) is 5.93. The Labute approximate surface area is 174 Å². The second-order valence-corrected chi connectivity index (χ2v) is 9.19. The van der Waals surface area contributed by atoms with Crippen LogP contribution in [0.5, 0.6) is 5.75 Å². The number of anilines is 1. The summed E-state index contributed by atoms with van der Waals surface area (Å²) in [4.78, 5) is 22.7. The summed E-state index contributed by atoms with van der Waals surface area (Å²) < 4.78 is 28.8. The summed E-state index contributed by atoms with van der Waals surface area (Å²) in [5, 5.41) is 16.8. The van der Waals surface area contributed by atoms with Gasteiger partial charge in [0.2, 0.25) is 0 Å². The van der Waals surface area contributed by atoms with Gasteiger partial charge in [0.25, 0.3) is 11.6 Å². The lowest BCUT2D eigenvalue weighted by Gasteiger charge is -2.10. The highest BCUT2D eigenvalue weighted by atomic mass is 32.2. The number of rotatable bonds is 10. The number of nitrogens with one attached hydrogen (secondary N) is 2. The minimum absolute atomic E-state index is 0.127. The van der Waals surface area contributed by atoms with Gasteiger partial charge in [-0.25, -0.2) is 8.42 Å². The van der Waals surface area contributed by atoms with Gasteiger partial charge in [0.1, 0.15) is 11.4 Å². The number of nitro benzene ring substituents is 1. The summed E-state index contributed by atoms with van der Waals surface area (Å²) in [6.45, 7) is 1.16. The van der Waals surface area contributed by atoms with Crippen molar-refractivity contribution in [2.75, 3.05) is 31.3 Å². The first-order valence-electron chi connectivity index (χ1n) is 9.47. The lowest BCUT2D eigenvalue weighted by atomic mass is 10.2. The molecule has 0 radical (unpaired) electrons. The Kier molecular flexibility index (Phi) is 6.56. The van der Waals surface area contributed by atoms with Crippen LogP contribution in [0.3, 0.4) is 0 Å². The first-order valence-corrected chi connectivity index (χ1v) is 11.4. The average molecular weight is 433 g/mol. The molecule has 160 valence electrons. The molecule has 10 heteroatoms. The van der Waals surface area contributed by atoms with E-state index in [-0.39, 0.29) is 35.3 Å². The van der Waals surface area contributed by atoms with Crippen LogP contribution in [0.1, 0.15) is 23.2 Å². The average Bonchev–Trinajstić information content (AvgIpc) is 3.53. The van der Waals surface area contributed by atoms with Gasteiger partial charge in [0.05, 0.1) is 16.4 Å². The van der Waals surface area contributed by atoms with E-state index in [2.05, 4.69) is 10.6 Å².